The lowest BCUT2D eigenvalue weighted by molar-refractivity contribution is -0.131. The van der Waals surface area contributed by atoms with Crippen molar-refractivity contribution < 1.29 is 46.2 Å². The molecule has 0 saturated heterocycles. The number of rotatable bonds is 20. The van der Waals surface area contributed by atoms with E-state index in [-0.39, 0.29) is 30.9 Å². The lowest BCUT2D eigenvalue weighted by atomic mass is 10.0. The zero-order chi connectivity index (χ0) is 40.4. The molecule has 0 unspecified atom stereocenters. The Balaban J connectivity index is 1.09. The highest BCUT2D eigenvalue weighted by Crippen LogP contribution is 2.49. The summed E-state index contributed by atoms with van der Waals surface area (Å²) in [7, 11) is -1.83. The van der Waals surface area contributed by atoms with E-state index in [0.717, 1.165) is 11.6 Å². The molecule has 0 spiro atoms. The zero-order valence-electron chi connectivity index (χ0n) is 32.0. The minimum Gasteiger partial charge on any atom is -0.493 e. The zero-order valence-corrected chi connectivity index (χ0v) is 32.9. The molecule has 5 aromatic rings. The van der Waals surface area contributed by atoms with Crippen molar-refractivity contribution >= 4 is 41.7 Å². The fourth-order valence-electron chi connectivity index (χ4n) is 6.26. The molecular weight excluding hydrogens is 757 g/mol. The van der Waals surface area contributed by atoms with Crippen LogP contribution in [0.1, 0.15) is 38.7 Å². The van der Waals surface area contributed by atoms with Crippen LogP contribution in [0.2, 0.25) is 0 Å². The number of aromatic nitrogens is 1. The van der Waals surface area contributed by atoms with Crippen molar-refractivity contribution in [3.05, 3.63) is 114 Å². The van der Waals surface area contributed by atoms with Crippen LogP contribution in [0.5, 0.6) is 23.0 Å². The molecule has 0 aliphatic heterocycles. The van der Waals surface area contributed by atoms with Crippen LogP contribution in [-0.2, 0) is 29.7 Å². The Morgan fingerprint density at radius 2 is 1.51 bits per heavy atom. The Kier molecular flexibility index (Phi) is 13.5. The van der Waals surface area contributed by atoms with Crippen LogP contribution in [0.3, 0.4) is 0 Å². The van der Waals surface area contributed by atoms with Gasteiger partial charge >= 0.3 is 7.60 Å². The third-order valence-electron chi connectivity index (χ3n) is 9.27. The summed E-state index contributed by atoms with van der Waals surface area (Å²) in [5, 5.41) is 5.83. The Labute approximate surface area is 330 Å². The van der Waals surface area contributed by atoms with Crippen LogP contribution in [-0.4, -0.2) is 61.5 Å². The quantitative estimate of drug-likeness (QED) is 0.0445. The molecule has 12 nitrogen and oxygen atoms in total. The van der Waals surface area contributed by atoms with Crippen LogP contribution in [0.25, 0.3) is 10.9 Å². The van der Waals surface area contributed by atoms with E-state index >= 15 is 4.39 Å². The maximum atomic E-state index is 15.4. The number of hydrogen-bond donors (Lipinski definition) is 2. The summed E-state index contributed by atoms with van der Waals surface area (Å²) in [6, 6.07) is 24.1. The predicted molar refractivity (Wildman–Crippen MR) is 213 cm³/mol. The predicted octanol–water partition coefficient (Wildman–Crippen LogP) is 9.17. The number of anilines is 2. The molecule has 300 valence electrons. The monoisotopic (exact) mass is 802 g/mol. The highest BCUT2D eigenvalue weighted by atomic mass is 31.2. The number of carbonyl (C=O) groups is 2. The number of ether oxygens (including phenoxy) is 3. The summed E-state index contributed by atoms with van der Waals surface area (Å²) in [6.07, 6.45) is 2.89. The smallest absolute Gasteiger partial charge is 0.344 e. The van der Waals surface area contributed by atoms with Crippen LogP contribution in [0.4, 0.5) is 20.2 Å². The lowest BCUT2D eigenvalue weighted by Gasteiger charge is -2.27. The van der Waals surface area contributed by atoms with Gasteiger partial charge in [0.15, 0.2) is 23.1 Å². The fraction of sp³-hybridized carbons (Fsp3) is 0.310. The molecule has 1 aliphatic carbocycles. The maximum absolute atomic E-state index is 15.4. The number of halogens is 2. The van der Waals surface area contributed by atoms with Crippen molar-refractivity contribution in [2.45, 2.75) is 39.7 Å². The Hall–Kier alpha value is -5.40. The number of benzene rings is 4. The van der Waals surface area contributed by atoms with Crippen molar-refractivity contribution in [1.82, 2.24) is 9.88 Å². The summed E-state index contributed by atoms with van der Waals surface area (Å²) in [5.74, 6) is -1.22. The number of carbonyl (C=O) groups excluding carboxylic acids is 2. The van der Waals surface area contributed by atoms with Gasteiger partial charge < -0.3 is 33.9 Å². The molecule has 1 heterocycles. The molecular formula is C42H45F2N4O8P. The molecule has 1 fully saturated rings. The molecule has 1 aromatic heterocycles. The summed E-state index contributed by atoms with van der Waals surface area (Å²) in [6.45, 7) is 5.53. The number of nitrogens with zero attached hydrogens (tertiary/aromatic N) is 2. The van der Waals surface area contributed by atoms with Gasteiger partial charge in [-0.05, 0) is 87.2 Å². The summed E-state index contributed by atoms with van der Waals surface area (Å²) < 4.78 is 71.0. The van der Waals surface area contributed by atoms with Gasteiger partial charge in [0.25, 0.3) is 0 Å². The molecule has 6 rings (SSSR count). The molecule has 2 amide bonds. The molecule has 0 bridgehead atoms. The van der Waals surface area contributed by atoms with E-state index in [9.17, 15) is 18.5 Å². The van der Waals surface area contributed by atoms with Gasteiger partial charge in [-0.2, -0.15) is 0 Å². The van der Waals surface area contributed by atoms with Crippen molar-refractivity contribution in [3.8, 4) is 23.0 Å². The van der Waals surface area contributed by atoms with Crippen LogP contribution >= 0.6 is 7.60 Å². The largest absolute Gasteiger partial charge is 0.493 e. The van der Waals surface area contributed by atoms with Gasteiger partial charge in [0, 0.05) is 48.2 Å². The number of hydrogen-bond acceptors (Lipinski definition) is 10. The highest BCUT2D eigenvalue weighted by Gasteiger charge is 2.56. The Morgan fingerprint density at radius 3 is 2.16 bits per heavy atom. The molecule has 1 saturated carbocycles. The van der Waals surface area contributed by atoms with E-state index in [0.29, 0.717) is 72.8 Å². The second kappa shape index (κ2) is 18.7. The third kappa shape index (κ3) is 10.5. The van der Waals surface area contributed by atoms with E-state index in [1.54, 1.807) is 32.0 Å². The Morgan fingerprint density at radius 1 is 0.825 bits per heavy atom. The first-order chi connectivity index (χ1) is 27.5. The normalized spacial score (nSPS) is 13.3. The summed E-state index contributed by atoms with van der Waals surface area (Å²) in [4.78, 5) is 32.6. The molecule has 15 heteroatoms. The van der Waals surface area contributed by atoms with Crippen molar-refractivity contribution in [1.29, 1.82) is 0 Å². The average molecular weight is 803 g/mol. The number of fused-ring (bicyclic) bond motifs is 1. The number of nitrogens with one attached hydrogen (secondary N) is 2. The van der Waals surface area contributed by atoms with Gasteiger partial charge in [-0.25, -0.2) is 8.78 Å². The standard InChI is InChI=1S/C42H45F2N4O8P/c1-4-54-57(51,55-5-2)28-48(27-29-10-7-6-8-11-29)22-9-23-53-39-26-35-33(25-38(39)52-3)36(18-21-45-35)56-37-17-16-32(24-34(37)44)47-41(50)42(19-20-42)40(49)46-31-14-12-30(43)13-15-31/h6-8,10-18,21,24-26H,4-5,9,19-20,22-23,27-28H2,1-3H3,(H,46,49)(H,47,50). The summed E-state index contributed by atoms with van der Waals surface area (Å²) in [5.41, 5.74) is 0.783. The SMILES string of the molecule is CCOP(=O)(CN(CCCOc1cc2nccc(Oc3ccc(NC(=O)C4(C(=O)Nc5ccc(F)cc5)CC4)cc3F)c2cc1OC)Cc1ccccc1)OCC. The molecule has 2 N–H and O–H groups in total. The molecule has 4 aromatic carbocycles. The molecule has 0 atom stereocenters. The van der Waals surface area contributed by atoms with E-state index in [1.807, 2.05) is 35.2 Å². The maximum Gasteiger partial charge on any atom is 0.344 e. The second-order valence-corrected chi connectivity index (χ2v) is 15.4. The van der Waals surface area contributed by atoms with Crippen molar-refractivity contribution in [2.24, 2.45) is 5.41 Å². The van der Waals surface area contributed by atoms with Gasteiger partial charge in [-0.3, -0.25) is 24.0 Å². The van der Waals surface area contributed by atoms with Gasteiger partial charge in [0.2, 0.25) is 11.8 Å². The van der Waals surface area contributed by atoms with E-state index < -0.39 is 36.5 Å². The van der Waals surface area contributed by atoms with Gasteiger partial charge in [-0.1, -0.05) is 30.3 Å². The van der Waals surface area contributed by atoms with Gasteiger partial charge in [0.1, 0.15) is 23.3 Å². The number of methoxy groups -OCH3 is 1. The fourth-order valence-corrected chi connectivity index (χ4v) is 8.01. The third-order valence-corrected chi connectivity index (χ3v) is 11.3. The first kappa shape index (κ1) is 41.2. The van der Waals surface area contributed by atoms with E-state index in [1.165, 1.54) is 49.7 Å². The first-order valence-electron chi connectivity index (χ1n) is 18.6. The Bertz CT molecular complexity index is 2210. The number of amides is 2. The first-order valence-corrected chi connectivity index (χ1v) is 20.4. The number of pyridine rings is 1. The van der Waals surface area contributed by atoms with Crippen LogP contribution < -0.4 is 24.8 Å². The van der Waals surface area contributed by atoms with Crippen molar-refractivity contribution in [2.75, 3.05) is 50.4 Å². The average Bonchev–Trinajstić information content (AvgIpc) is 4.01. The van der Waals surface area contributed by atoms with Crippen LogP contribution in [0.15, 0.2) is 97.2 Å². The minimum atomic E-state index is -3.34. The second-order valence-electron chi connectivity index (χ2n) is 13.4. The minimum absolute atomic E-state index is 0.103. The van der Waals surface area contributed by atoms with Gasteiger partial charge in [-0.15, -0.1) is 0 Å². The van der Waals surface area contributed by atoms with E-state index in [4.69, 9.17) is 23.3 Å². The molecule has 0 radical (unpaired) electrons. The summed E-state index contributed by atoms with van der Waals surface area (Å²) >= 11 is 0. The van der Waals surface area contributed by atoms with E-state index in [2.05, 4.69) is 15.6 Å². The molecule has 1 aliphatic rings. The van der Waals surface area contributed by atoms with Crippen LogP contribution in [0, 0.1) is 17.0 Å². The lowest BCUT2D eigenvalue weighted by Crippen LogP contribution is -2.35. The topological polar surface area (TPSA) is 138 Å². The highest BCUT2D eigenvalue weighted by molar-refractivity contribution is 7.53. The van der Waals surface area contributed by atoms with Gasteiger partial charge in [0.05, 0.1) is 32.4 Å². The molecule has 57 heavy (non-hydrogen) atoms. The van der Waals surface area contributed by atoms with Crippen molar-refractivity contribution in [3.63, 3.8) is 0 Å².